The molecule has 114 valence electrons. The van der Waals surface area contributed by atoms with E-state index in [4.69, 9.17) is 0 Å². The van der Waals surface area contributed by atoms with Crippen LogP contribution in [0, 0.1) is 0 Å². The van der Waals surface area contributed by atoms with Crippen molar-refractivity contribution in [3.05, 3.63) is 0 Å². The predicted octanol–water partition coefficient (Wildman–Crippen LogP) is 7.17. The maximum absolute atomic E-state index is 2.40. The Balaban J connectivity index is 2.73. The van der Waals surface area contributed by atoms with Crippen molar-refractivity contribution in [3.8, 4) is 0 Å². The summed E-state index contributed by atoms with van der Waals surface area (Å²) in [5.41, 5.74) is 0. The Morgan fingerprint density at radius 1 is 0.684 bits per heavy atom. The van der Waals surface area contributed by atoms with Crippen LogP contribution in [-0.2, 0) is 0 Å². The zero-order valence-corrected chi connectivity index (χ0v) is 16.8. The van der Waals surface area contributed by atoms with Gasteiger partial charge < -0.3 is 0 Å². The van der Waals surface area contributed by atoms with E-state index in [1.165, 1.54) is 29.6 Å². The molecule has 0 aromatic rings. The van der Waals surface area contributed by atoms with Crippen LogP contribution in [0.25, 0.3) is 0 Å². The van der Waals surface area contributed by atoms with Crippen LogP contribution in [0.4, 0.5) is 0 Å². The normalized spacial score (nSPS) is 17.8. The van der Waals surface area contributed by atoms with Crippen molar-refractivity contribution in [2.24, 2.45) is 0 Å². The molecular formula is C18H38Sn. The number of unbranched alkanes of at least 4 members (excludes halogenated alkanes) is 3. The Bertz CT molecular complexity index is 184. The molecule has 19 heavy (non-hydrogen) atoms. The summed E-state index contributed by atoms with van der Waals surface area (Å²) in [6.07, 6.45) is 16.9. The van der Waals surface area contributed by atoms with Crippen molar-refractivity contribution in [1.82, 2.24) is 0 Å². The van der Waals surface area contributed by atoms with Crippen LogP contribution >= 0.6 is 0 Å². The van der Waals surface area contributed by atoms with Crippen LogP contribution in [0.1, 0.15) is 91.4 Å². The first-order valence-electron chi connectivity index (χ1n) is 9.29. The summed E-state index contributed by atoms with van der Waals surface area (Å²) in [6, 6.07) is 0. The first-order valence-corrected chi connectivity index (χ1v) is 17.0. The van der Waals surface area contributed by atoms with Crippen molar-refractivity contribution in [2.75, 3.05) is 0 Å². The predicted molar refractivity (Wildman–Crippen MR) is 91.7 cm³/mol. The van der Waals surface area contributed by atoms with E-state index in [0.717, 1.165) is 0 Å². The summed E-state index contributed by atoms with van der Waals surface area (Å²) >= 11 is -1.82. The molecule has 0 bridgehead atoms. The van der Waals surface area contributed by atoms with E-state index < -0.39 is 18.4 Å². The SMILES string of the molecule is CCC[CH2][Sn]([CH2]CCC)([CH2]CCC)[CH]1CCCCC1. The minimum atomic E-state index is -1.82. The third-order valence-electron chi connectivity index (χ3n) is 5.56. The van der Waals surface area contributed by atoms with Gasteiger partial charge in [-0.15, -0.1) is 0 Å². The number of hydrogen-bond donors (Lipinski definition) is 0. The molecule has 0 atom stereocenters. The van der Waals surface area contributed by atoms with Gasteiger partial charge in [0.1, 0.15) is 0 Å². The van der Waals surface area contributed by atoms with E-state index >= 15 is 0 Å². The van der Waals surface area contributed by atoms with Crippen LogP contribution in [0.3, 0.4) is 0 Å². The molecule has 1 heteroatoms. The van der Waals surface area contributed by atoms with Gasteiger partial charge in [0.2, 0.25) is 0 Å². The molecule has 0 heterocycles. The molecule has 0 amide bonds. The van der Waals surface area contributed by atoms with Gasteiger partial charge in [0.15, 0.2) is 0 Å². The van der Waals surface area contributed by atoms with E-state index in [9.17, 15) is 0 Å². The molecule has 0 radical (unpaired) electrons. The van der Waals surface area contributed by atoms with E-state index in [-0.39, 0.29) is 0 Å². The number of hydrogen-bond acceptors (Lipinski definition) is 0. The van der Waals surface area contributed by atoms with Crippen molar-refractivity contribution in [1.29, 1.82) is 0 Å². The summed E-state index contributed by atoms with van der Waals surface area (Å²) in [5.74, 6) is 0. The van der Waals surface area contributed by atoms with Gasteiger partial charge in [-0.05, 0) is 0 Å². The standard InChI is InChI=1S/C6H11.3C4H9.Sn/c1-2-4-6-5-3-1;3*1-3-4-2;/h1H,2-6H2;3*1,3-4H2,2H3;. The van der Waals surface area contributed by atoms with Gasteiger partial charge >= 0.3 is 127 Å². The third kappa shape index (κ3) is 5.97. The molecule has 0 saturated heterocycles. The topological polar surface area (TPSA) is 0 Å². The van der Waals surface area contributed by atoms with Crippen LogP contribution in [0.2, 0.25) is 17.2 Å². The van der Waals surface area contributed by atoms with Gasteiger partial charge in [-0.3, -0.25) is 0 Å². The average molecular weight is 373 g/mol. The summed E-state index contributed by atoms with van der Waals surface area (Å²) in [7, 11) is 0. The van der Waals surface area contributed by atoms with Crippen LogP contribution in [0.15, 0.2) is 0 Å². The Morgan fingerprint density at radius 3 is 1.47 bits per heavy atom. The molecule has 1 saturated carbocycles. The monoisotopic (exact) mass is 374 g/mol. The van der Waals surface area contributed by atoms with Crippen molar-refractivity contribution in [2.45, 2.75) is 109 Å². The molecule has 0 N–H and O–H groups in total. The molecule has 0 nitrogen and oxygen atoms in total. The molecule has 1 aliphatic carbocycles. The van der Waals surface area contributed by atoms with Gasteiger partial charge in [0, 0.05) is 0 Å². The van der Waals surface area contributed by atoms with E-state index in [1.54, 1.807) is 58.3 Å². The molecule has 1 fully saturated rings. The molecule has 0 unspecified atom stereocenters. The van der Waals surface area contributed by atoms with Gasteiger partial charge in [0.25, 0.3) is 0 Å². The fraction of sp³-hybridized carbons (Fsp3) is 1.00. The Morgan fingerprint density at radius 2 is 1.11 bits per heavy atom. The fourth-order valence-corrected chi connectivity index (χ4v) is 23.6. The van der Waals surface area contributed by atoms with Gasteiger partial charge in [-0.25, -0.2) is 0 Å². The zero-order chi connectivity index (χ0) is 14.0. The Hall–Kier alpha value is 0.799. The quantitative estimate of drug-likeness (QED) is 0.356. The van der Waals surface area contributed by atoms with Gasteiger partial charge in [0.05, 0.1) is 0 Å². The minimum absolute atomic E-state index is 1.27. The fourth-order valence-electron chi connectivity index (χ4n) is 4.29. The van der Waals surface area contributed by atoms with Crippen LogP contribution < -0.4 is 0 Å². The van der Waals surface area contributed by atoms with Crippen LogP contribution in [0.5, 0.6) is 0 Å². The molecule has 0 aromatic carbocycles. The first kappa shape index (κ1) is 17.8. The first-order chi connectivity index (χ1) is 9.29. The Labute approximate surface area is 127 Å². The summed E-state index contributed by atoms with van der Waals surface area (Å²) in [6.45, 7) is 7.20. The van der Waals surface area contributed by atoms with E-state index in [1.807, 2.05) is 0 Å². The average Bonchev–Trinajstić information content (AvgIpc) is 2.48. The summed E-state index contributed by atoms with van der Waals surface area (Å²) < 4.78 is 6.47. The van der Waals surface area contributed by atoms with Gasteiger partial charge in [-0.1, -0.05) is 0 Å². The molecule has 0 aliphatic heterocycles. The van der Waals surface area contributed by atoms with Crippen molar-refractivity contribution in [3.63, 3.8) is 0 Å². The molecular weight excluding hydrogens is 335 g/mol. The third-order valence-corrected chi connectivity index (χ3v) is 23.7. The molecule has 0 aromatic heterocycles. The van der Waals surface area contributed by atoms with Crippen LogP contribution in [-0.4, -0.2) is 18.4 Å². The summed E-state index contributed by atoms with van der Waals surface area (Å²) in [5, 5.41) is 0. The molecule has 1 aliphatic rings. The van der Waals surface area contributed by atoms with Crippen molar-refractivity contribution >= 4 is 18.4 Å². The second-order valence-corrected chi connectivity index (χ2v) is 21.4. The Kier molecular flexibility index (Phi) is 9.88. The second kappa shape index (κ2) is 10.5. The van der Waals surface area contributed by atoms with E-state index in [0.29, 0.717) is 0 Å². The molecule has 0 spiro atoms. The number of rotatable bonds is 10. The van der Waals surface area contributed by atoms with E-state index in [2.05, 4.69) is 20.8 Å². The second-order valence-electron chi connectivity index (χ2n) is 7.01. The summed E-state index contributed by atoms with van der Waals surface area (Å²) in [4.78, 5) is 0. The maximum atomic E-state index is 2.40. The zero-order valence-electron chi connectivity index (χ0n) is 14.0. The van der Waals surface area contributed by atoms with Gasteiger partial charge in [-0.2, -0.15) is 0 Å². The molecule has 1 rings (SSSR count). The van der Waals surface area contributed by atoms with Crippen molar-refractivity contribution < 1.29 is 0 Å².